The van der Waals surface area contributed by atoms with Crippen LogP contribution in [-0.2, 0) is 9.59 Å². The lowest BCUT2D eigenvalue weighted by Gasteiger charge is -2.22. The smallest absolute Gasteiger partial charge is 0.313 e. The van der Waals surface area contributed by atoms with Gasteiger partial charge in [-0.2, -0.15) is 4.68 Å². The number of hydrogen-bond donors (Lipinski definition) is 2. The lowest BCUT2D eigenvalue weighted by atomic mass is 9.95. The number of tetrazole rings is 1. The second-order valence-electron chi connectivity index (χ2n) is 5.95. The Morgan fingerprint density at radius 3 is 2.67 bits per heavy atom. The Labute approximate surface area is 139 Å². The van der Waals surface area contributed by atoms with Gasteiger partial charge < -0.3 is 10.6 Å². The molecule has 2 N–H and O–H groups in total. The summed E-state index contributed by atoms with van der Waals surface area (Å²) >= 11 is 0. The molecule has 0 atom stereocenters. The number of rotatable bonds is 3. The maximum Gasteiger partial charge on any atom is 0.313 e. The summed E-state index contributed by atoms with van der Waals surface area (Å²) in [5.74, 6) is -0.620. The largest absolute Gasteiger partial charge is 0.345 e. The second-order valence-corrected chi connectivity index (χ2v) is 5.95. The number of benzene rings is 1. The van der Waals surface area contributed by atoms with Crippen LogP contribution in [0.2, 0.25) is 0 Å². The number of anilines is 1. The summed E-state index contributed by atoms with van der Waals surface area (Å²) in [5.41, 5.74) is 1.23. The summed E-state index contributed by atoms with van der Waals surface area (Å²) in [4.78, 5) is 24.1. The molecule has 0 saturated heterocycles. The van der Waals surface area contributed by atoms with Gasteiger partial charge in [0, 0.05) is 11.7 Å². The normalized spacial score (nSPS) is 15.0. The second kappa shape index (κ2) is 7.20. The average molecular weight is 328 g/mol. The lowest BCUT2D eigenvalue weighted by molar-refractivity contribution is -0.136. The van der Waals surface area contributed by atoms with Crippen LogP contribution in [0.15, 0.2) is 24.3 Å². The minimum absolute atomic E-state index is 0.104. The van der Waals surface area contributed by atoms with Gasteiger partial charge in [-0.05, 0) is 48.4 Å². The molecule has 24 heavy (non-hydrogen) atoms. The third-order valence-corrected chi connectivity index (χ3v) is 4.12. The zero-order valence-corrected chi connectivity index (χ0v) is 13.5. The quantitative estimate of drug-likeness (QED) is 0.828. The molecule has 1 saturated carbocycles. The predicted octanol–water partition coefficient (Wildman–Crippen LogP) is 1.36. The highest BCUT2D eigenvalue weighted by Crippen LogP contribution is 2.18. The van der Waals surface area contributed by atoms with E-state index in [9.17, 15) is 9.59 Å². The molecule has 0 unspecified atom stereocenters. The van der Waals surface area contributed by atoms with Crippen molar-refractivity contribution >= 4 is 17.5 Å². The van der Waals surface area contributed by atoms with E-state index in [4.69, 9.17) is 0 Å². The summed E-state index contributed by atoms with van der Waals surface area (Å²) < 4.78 is 1.55. The van der Waals surface area contributed by atoms with Crippen LogP contribution in [0.4, 0.5) is 5.69 Å². The number of aryl methyl sites for hydroxylation is 1. The topological polar surface area (TPSA) is 102 Å². The molecule has 1 aliphatic rings. The van der Waals surface area contributed by atoms with Gasteiger partial charge in [-0.25, -0.2) is 0 Å². The van der Waals surface area contributed by atoms with Gasteiger partial charge in [-0.15, -0.1) is 5.10 Å². The summed E-state index contributed by atoms with van der Waals surface area (Å²) in [6, 6.07) is 7.13. The lowest BCUT2D eigenvalue weighted by Crippen LogP contribution is -2.42. The summed E-state index contributed by atoms with van der Waals surface area (Å²) in [6.07, 6.45) is 5.27. The van der Waals surface area contributed by atoms with Crippen molar-refractivity contribution < 1.29 is 9.59 Å². The first-order chi connectivity index (χ1) is 11.6. The van der Waals surface area contributed by atoms with E-state index >= 15 is 0 Å². The third kappa shape index (κ3) is 3.76. The molecule has 1 aromatic heterocycles. The van der Waals surface area contributed by atoms with Crippen molar-refractivity contribution in [3.63, 3.8) is 0 Å². The van der Waals surface area contributed by atoms with E-state index in [1.54, 1.807) is 29.8 Å². The summed E-state index contributed by atoms with van der Waals surface area (Å²) in [5, 5.41) is 16.7. The van der Waals surface area contributed by atoms with Crippen LogP contribution >= 0.6 is 0 Å². The number of aromatic nitrogens is 4. The van der Waals surface area contributed by atoms with Crippen LogP contribution in [-0.4, -0.2) is 38.1 Å². The first-order valence-electron chi connectivity index (χ1n) is 8.11. The SMILES string of the molecule is Cc1nnnn1-c1cccc(NC(=O)C(=O)NC2CCCCC2)c1. The fourth-order valence-corrected chi connectivity index (χ4v) is 2.87. The Morgan fingerprint density at radius 1 is 1.17 bits per heavy atom. The van der Waals surface area contributed by atoms with Gasteiger partial charge in [0.1, 0.15) is 0 Å². The molecule has 1 aromatic carbocycles. The average Bonchev–Trinajstić information content (AvgIpc) is 3.02. The van der Waals surface area contributed by atoms with Crippen molar-refractivity contribution in [2.24, 2.45) is 0 Å². The Bertz CT molecular complexity index is 736. The van der Waals surface area contributed by atoms with Gasteiger partial charge in [0.05, 0.1) is 5.69 Å². The van der Waals surface area contributed by atoms with Gasteiger partial charge in [-0.1, -0.05) is 25.3 Å². The zero-order chi connectivity index (χ0) is 16.9. The molecular weight excluding hydrogens is 308 g/mol. The van der Waals surface area contributed by atoms with Gasteiger partial charge in [0.2, 0.25) is 0 Å². The molecule has 0 spiro atoms. The molecule has 1 fully saturated rings. The van der Waals surface area contributed by atoms with Crippen molar-refractivity contribution in [2.45, 2.75) is 45.1 Å². The number of carbonyl (C=O) groups excluding carboxylic acids is 2. The number of nitrogens with one attached hydrogen (secondary N) is 2. The van der Waals surface area contributed by atoms with Crippen LogP contribution in [0.3, 0.4) is 0 Å². The molecule has 1 heterocycles. The summed E-state index contributed by atoms with van der Waals surface area (Å²) in [6.45, 7) is 1.78. The molecule has 126 valence electrons. The fraction of sp³-hybridized carbons (Fsp3) is 0.438. The molecule has 0 bridgehead atoms. The first kappa shape index (κ1) is 16.1. The van der Waals surface area contributed by atoms with Crippen LogP contribution in [0.25, 0.3) is 5.69 Å². The van der Waals surface area contributed by atoms with Crippen molar-refractivity contribution in [3.8, 4) is 5.69 Å². The Balaban J connectivity index is 1.64. The number of nitrogens with zero attached hydrogens (tertiary/aromatic N) is 4. The van der Waals surface area contributed by atoms with Gasteiger partial charge in [0.25, 0.3) is 0 Å². The number of amides is 2. The summed E-state index contributed by atoms with van der Waals surface area (Å²) in [7, 11) is 0. The standard InChI is InChI=1S/C16H20N6O2/c1-11-19-20-21-22(11)14-9-5-8-13(10-14)18-16(24)15(23)17-12-6-3-2-4-7-12/h5,8-10,12H,2-4,6-7H2,1H3,(H,17,23)(H,18,24). The van der Waals surface area contributed by atoms with Gasteiger partial charge >= 0.3 is 11.8 Å². The maximum absolute atomic E-state index is 12.1. The molecule has 2 amide bonds. The number of hydrogen-bond acceptors (Lipinski definition) is 5. The highest BCUT2D eigenvalue weighted by Gasteiger charge is 2.20. The van der Waals surface area contributed by atoms with E-state index < -0.39 is 11.8 Å². The minimum atomic E-state index is -0.661. The maximum atomic E-state index is 12.1. The monoisotopic (exact) mass is 328 g/mol. The van der Waals surface area contributed by atoms with E-state index in [-0.39, 0.29) is 6.04 Å². The van der Waals surface area contributed by atoms with E-state index in [0.717, 1.165) is 25.7 Å². The van der Waals surface area contributed by atoms with Crippen molar-refractivity contribution in [3.05, 3.63) is 30.1 Å². The predicted molar refractivity (Wildman–Crippen MR) is 87.5 cm³/mol. The van der Waals surface area contributed by atoms with E-state index in [2.05, 4.69) is 26.2 Å². The van der Waals surface area contributed by atoms with Crippen molar-refractivity contribution in [2.75, 3.05) is 5.32 Å². The van der Waals surface area contributed by atoms with E-state index in [1.807, 2.05) is 6.07 Å². The van der Waals surface area contributed by atoms with Gasteiger partial charge in [0.15, 0.2) is 5.82 Å². The highest BCUT2D eigenvalue weighted by atomic mass is 16.2. The van der Waals surface area contributed by atoms with E-state index in [1.165, 1.54) is 6.42 Å². The molecule has 1 aliphatic carbocycles. The Hall–Kier alpha value is -2.77. The van der Waals surface area contributed by atoms with Crippen LogP contribution in [0.5, 0.6) is 0 Å². The highest BCUT2D eigenvalue weighted by molar-refractivity contribution is 6.39. The van der Waals surface area contributed by atoms with Crippen LogP contribution in [0.1, 0.15) is 37.9 Å². The molecule has 2 aromatic rings. The molecule has 0 aliphatic heterocycles. The Kier molecular flexibility index (Phi) is 4.83. The molecule has 3 rings (SSSR count). The third-order valence-electron chi connectivity index (χ3n) is 4.12. The Morgan fingerprint density at radius 2 is 1.96 bits per heavy atom. The van der Waals surface area contributed by atoms with Crippen molar-refractivity contribution in [1.29, 1.82) is 0 Å². The van der Waals surface area contributed by atoms with Crippen LogP contribution < -0.4 is 10.6 Å². The first-order valence-corrected chi connectivity index (χ1v) is 8.11. The van der Waals surface area contributed by atoms with E-state index in [0.29, 0.717) is 17.2 Å². The fourth-order valence-electron chi connectivity index (χ4n) is 2.87. The minimum Gasteiger partial charge on any atom is -0.345 e. The molecule has 0 radical (unpaired) electrons. The molecular formula is C16H20N6O2. The van der Waals surface area contributed by atoms with Crippen LogP contribution in [0, 0.1) is 6.92 Å². The molecule has 8 heteroatoms. The number of carbonyl (C=O) groups is 2. The van der Waals surface area contributed by atoms with Gasteiger partial charge in [-0.3, -0.25) is 9.59 Å². The zero-order valence-electron chi connectivity index (χ0n) is 13.5. The van der Waals surface area contributed by atoms with Crippen molar-refractivity contribution in [1.82, 2.24) is 25.5 Å². The molecule has 8 nitrogen and oxygen atoms in total.